The zero-order chi connectivity index (χ0) is 12.6. The summed E-state index contributed by atoms with van der Waals surface area (Å²) in [7, 11) is 2.00. The monoisotopic (exact) mass is 229 g/mol. The van der Waals surface area contributed by atoms with Gasteiger partial charge in [0.25, 0.3) is 0 Å². The largest absolute Gasteiger partial charge is 0.320 e. The average Bonchev–Trinajstić information content (AvgIpc) is 2.34. The van der Waals surface area contributed by atoms with Crippen LogP contribution in [0.4, 0.5) is 0 Å². The first-order valence-electron chi connectivity index (χ1n) is 6.97. The van der Waals surface area contributed by atoms with E-state index in [1.165, 1.54) is 32.1 Å². The van der Waals surface area contributed by atoms with Crippen LogP contribution in [0, 0.1) is 0 Å². The Kier molecular flexibility index (Phi) is 19.2. The first kappa shape index (κ1) is 18.0. The normalized spacial score (nSPS) is 9.50. The highest BCUT2D eigenvalue weighted by Crippen LogP contribution is 2.07. The molecule has 0 saturated heterocycles. The van der Waals surface area contributed by atoms with Crippen molar-refractivity contribution >= 4 is 5.78 Å². The molecule has 0 amide bonds. The van der Waals surface area contributed by atoms with E-state index in [1.807, 2.05) is 27.8 Å². The summed E-state index contributed by atoms with van der Waals surface area (Å²) in [5.41, 5.74) is 0. The third-order valence-electron chi connectivity index (χ3n) is 2.53. The minimum Gasteiger partial charge on any atom is -0.320 e. The summed E-state index contributed by atoms with van der Waals surface area (Å²) < 4.78 is 0. The van der Waals surface area contributed by atoms with Crippen LogP contribution in [0.1, 0.15) is 72.1 Å². The number of Topliss-reactive ketones (excluding diaryl/α,β-unsaturated/α-hetero) is 1. The van der Waals surface area contributed by atoms with Crippen LogP contribution in [0.3, 0.4) is 0 Å². The molecular formula is C14H31NO. The minimum absolute atomic E-state index is 0.417. The number of hydrogen-bond donors (Lipinski definition) is 1. The molecule has 0 rings (SSSR count). The fourth-order valence-corrected chi connectivity index (χ4v) is 1.51. The molecule has 0 aromatic rings. The van der Waals surface area contributed by atoms with Gasteiger partial charge in [0.15, 0.2) is 0 Å². The zero-order valence-corrected chi connectivity index (χ0v) is 11.8. The number of carbonyl (C=O) groups is 1. The van der Waals surface area contributed by atoms with Gasteiger partial charge in [-0.3, -0.25) is 4.79 Å². The van der Waals surface area contributed by atoms with Crippen molar-refractivity contribution in [2.45, 2.75) is 72.1 Å². The van der Waals surface area contributed by atoms with Gasteiger partial charge in [0.2, 0.25) is 0 Å². The van der Waals surface area contributed by atoms with Crippen LogP contribution in [0.15, 0.2) is 0 Å². The number of ketones is 1. The number of hydrogen-bond acceptors (Lipinski definition) is 2. The molecule has 0 aromatic carbocycles. The second-order valence-electron chi connectivity index (χ2n) is 3.87. The summed E-state index contributed by atoms with van der Waals surface area (Å²) in [4.78, 5) is 11.0. The first-order chi connectivity index (χ1) is 7.81. The lowest BCUT2D eigenvalue weighted by molar-refractivity contribution is -0.118. The highest BCUT2D eigenvalue weighted by Gasteiger charge is 1.97. The lowest BCUT2D eigenvalue weighted by Crippen LogP contribution is -2.06. The second kappa shape index (κ2) is 17.0. The number of rotatable bonds is 10. The lowest BCUT2D eigenvalue weighted by Gasteiger charge is -2.01. The highest BCUT2D eigenvalue weighted by molar-refractivity contribution is 5.77. The van der Waals surface area contributed by atoms with Crippen molar-refractivity contribution < 1.29 is 4.79 Å². The summed E-state index contributed by atoms with van der Waals surface area (Å²) >= 11 is 0. The second-order valence-corrected chi connectivity index (χ2v) is 3.87. The molecule has 2 nitrogen and oxygen atoms in total. The van der Waals surface area contributed by atoms with Gasteiger partial charge in [0.1, 0.15) is 5.78 Å². The smallest absolute Gasteiger partial charge is 0.132 e. The molecular weight excluding hydrogens is 198 g/mol. The van der Waals surface area contributed by atoms with E-state index >= 15 is 0 Å². The first-order valence-corrected chi connectivity index (χ1v) is 6.97. The van der Waals surface area contributed by atoms with Crippen molar-refractivity contribution in [3.8, 4) is 0 Å². The topological polar surface area (TPSA) is 29.1 Å². The van der Waals surface area contributed by atoms with Crippen molar-refractivity contribution in [2.24, 2.45) is 0 Å². The molecule has 0 atom stereocenters. The Morgan fingerprint density at radius 3 is 1.94 bits per heavy atom. The van der Waals surface area contributed by atoms with Crippen LogP contribution in [0.25, 0.3) is 0 Å². The van der Waals surface area contributed by atoms with Crippen LogP contribution in [-0.4, -0.2) is 19.4 Å². The molecule has 0 unspecified atom stereocenters. The van der Waals surface area contributed by atoms with Gasteiger partial charge in [-0.2, -0.15) is 0 Å². The summed E-state index contributed by atoms with van der Waals surface area (Å²) in [6.45, 7) is 7.08. The van der Waals surface area contributed by atoms with Gasteiger partial charge < -0.3 is 5.32 Å². The summed E-state index contributed by atoms with van der Waals surface area (Å²) in [5.74, 6) is 0.417. The van der Waals surface area contributed by atoms with Gasteiger partial charge in [-0.25, -0.2) is 0 Å². The Hall–Kier alpha value is -0.370. The maximum absolute atomic E-state index is 11.0. The van der Waals surface area contributed by atoms with Crippen LogP contribution < -0.4 is 5.32 Å². The number of unbranched alkanes of at least 4 members (excludes halogenated alkanes) is 5. The quantitative estimate of drug-likeness (QED) is 0.575. The van der Waals surface area contributed by atoms with Gasteiger partial charge in [0, 0.05) is 12.8 Å². The molecule has 0 spiro atoms. The lowest BCUT2D eigenvalue weighted by atomic mass is 10.1. The van der Waals surface area contributed by atoms with Gasteiger partial charge in [-0.1, -0.05) is 46.5 Å². The zero-order valence-electron chi connectivity index (χ0n) is 11.8. The maximum Gasteiger partial charge on any atom is 0.132 e. The molecule has 0 radical (unpaired) electrons. The Balaban J connectivity index is 0. The van der Waals surface area contributed by atoms with E-state index < -0.39 is 0 Å². The minimum atomic E-state index is 0.417. The van der Waals surface area contributed by atoms with E-state index in [1.54, 1.807) is 0 Å². The van der Waals surface area contributed by atoms with Gasteiger partial charge in [-0.05, 0) is 26.4 Å². The van der Waals surface area contributed by atoms with Crippen LogP contribution in [0.2, 0.25) is 0 Å². The van der Waals surface area contributed by atoms with E-state index in [-0.39, 0.29) is 0 Å². The summed E-state index contributed by atoms with van der Waals surface area (Å²) in [6.07, 6.45) is 9.05. The van der Waals surface area contributed by atoms with Crippen molar-refractivity contribution in [2.75, 3.05) is 13.6 Å². The van der Waals surface area contributed by atoms with E-state index in [0.29, 0.717) is 12.2 Å². The maximum atomic E-state index is 11.0. The molecule has 2 heteroatoms. The number of nitrogens with one attached hydrogen (secondary N) is 1. The molecule has 0 bridgehead atoms. The van der Waals surface area contributed by atoms with Crippen molar-refractivity contribution in [1.82, 2.24) is 5.32 Å². The molecule has 16 heavy (non-hydrogen) atoms. The fraction of sp³-hybridized carbons (Fsp3) is 0.929. The van der Waals surface area contributed by atoms with E-state index in [0.717, 1.165) is 19.4 Å². The Bertz CT molecular complexity index is 135. The predicted octanol–water partition coefficient (Wildman–Crippen LogP) is 3.94. The fourth-order valence-electron chi connectivity index (χ4n) is 1.51. The van der Waals surface area contributed by atoms with E-state index in [9.17, 15) is 4.79 Å². The number of carbonyl (C=O) groups excluding carboxylic acids is 1. The molecule has 0 heterocycles. The van der Waals surface area contributed by atoms with Gasteiger partial charge >= 0.3 is 0 Å². The average molecular weight is 229 g/mol. The molecule has 98 valence electrons. The molecule has 0 aliphatic rings. The summed E-state index contributed by atoms with van der Waals surface area (Å²) in [5, 5.41) is 3.15. The molecule has 0 aliphatic heterocycles. The molecule has 0 saturated carbocycles. The SMILES string of the molecule is CC.CCC(=O)CCCCCCCCNC. The van der Waals surface area contributed by atoms with Crippen LogP contribution in [0.5, 0.6) is 0 Å². The van der Waals surface area contributed by atoms with Crippen LogP contribution in [-0.2, 0) is 4.79 Å². The van der Waals surface area contributed by atoms with E-state index in [2.05, 4.69) is 5.32 Å². The van der Waals surface area contributed by atoms with Crippen LogP contribution >= 0.6 is 0 Å². The Morgan fingerprint density at radius 1 is 0.938 bits per heavy atom. The molecule has 1 N–H and O–H groups in total. The predicted molar refractivity (Wildman–Crippen MR) is 72.9 cm³/mol. The van der Waals surface area contributed by atoms with Gasteiger partial charge in [0.05, 0.1) is 0 Å². The third-order valence-corrected chi connectivity index (χ3v) is 2.53. The Morgan fingerprint density at radius 2 is 1.44 bits per heavy atom. The standard InChI is InChI=1S/C12H25NO.C2H6/c1-3-12(14)10-8-6-4-5-7-9-11-13-2;1-2/h13H,3-11H2,1-2H3;1-2H3. The highest BCUT2D eigenvalue weighted by atomic mass is 16.1. The molecule has 0 fully saturated rings. The molecule has 0 aliphatic carbocycles. The summed E-state index contributed by atoms with van der Waals surface area (Å²) in [6, 6.07) is 0. The van der Waals surface area contributed by atoms with Crippen molar-refractivity contribution in [1.29, 1.82) is 0 Å². The van der Waals surface area contributed by atoms with E-state index in [4.69, 9.17) is 0 Å². The Labute approximate surface area is 102 Å². The molecule has 0 aromatic heterocycles. The van der Waals surface area contributed by atoms with Gasteiger partial charge in [-0.15, -0.1) is 0 Å². The van der Waals surface area contributed by atoms with Crippen molar-refractivity contribution in [3.63, 3.8) is 0 Å². The van der Waals surface area contributed by atoms with Crippen molar-refractivity contribution in [3.05, 3.63) is 0 Å². The third kappa shape index (κ3) is 16.1.